The molecule has 0 aromatic carbocycles. The molecule has 1 saturated carbocycles. The van der Waals surface area contributed by atoms with Gasteiger partial charge in [-0.05, 0) is 25.0 Å². The van der Waals surface area contributed by atoms with Crippen molar-refractivity contribution in [1.82, 2.24) is 10.3 Å². The second kappa shape index (κ2) is 6.43. The molecule has 116 valence electrons. The topological polar surface area (TPSA) is 63.2 Å². The lowest BCUT2D eigenvalue weighted by atomic mass is 9.64. The van der Waals surface area contributed by atoms with E-state index in [1.165, 1.54) is 0 Å². The van der Waals surface area contributed by atoms with E-state index in [4.69, 9.17) is 4.74 Å². The molecule has 1 aromatic heterocycles. The van der Waals surface area contributed by atoms with Gasteiger partial charge in [-0.25, -0.2) is 4.98 Å². The van der Waals surface area contributed by atoms with Crippen molar-refractivity contribution in [3.05, 3.63) is 23.9 Å². The van der Waals surface area contributed by atoms with Crippen LogP contribution in [0.3, 0.4) is 0 Å². The van der Waals surface area contributed by atoms with Gasteiger partial charge in [-0.2, -0.15) is 0 Å². The fourth-order valence-corrected chi connectivity index (χ4v) is 2.66. The molecular formula is C16H25N3O2. The lowest BCUT2D eigenvalue weighted by molar-refractivity contribution is -0.0942. The number of hydrogen-bond acceptors (Lipinski definition) is 4. The minimum atomic E-state index is -0.0721. The van der Waals surface area contributed by atoms with Crippen molar-refractivity contribution >= 4 is 11.7 Å². The van der Waals surface area contributed by atoms with Crippen LogP contribution in [0.2, 0.25) is 0 Å². The Morgan fingerprint density at radius 2 is 2.24 bits per heavy atom. The highest BCUT2D eigenvalue weighted by Gasteiger charge is 2.49. The number of carbonyl (C=O) groups excluding carboxylic acids is 1. The van der Waals surface area contributed by atoms with Gasteiger partial charge in [-0.15, -0.1) is 0 Å². The maximum atomic E-state index is 12.2. The molecule has 0 saturated heterocycles. The summed E-state index contributed by atoms with van der Waals surface area (Å²) in [6.07, 6.45) is 3.73. The molecule has 21 heavy (non-hydrogen) atoms. The maximum Gasteiger partial charge on any atom is 0.253 e. The van der Waals surface area contributed by atoms with Crippen LogP contribution in [0.5, 0.6) is 0 Å². The molecule has 1 amide bonds. The van der Waals surface area contributed by atoms with Crippen molar-refractivity contribution in [1.29, 1.82) is 0 Å². The third-order valence-corrected chi connectivity index (χ3v) is 4.35. The number of methoxy groups -OCH3 is 1. The number of rotatable bonds is 6. The van der Waals surface area contributed by atoms with Crippen LogP contribution in [0.4, 0.5) is 5.82 Å². The van der Waals surface area contributed by atoms with E-state index in [2.05, 4.69) is 36.4 Å². The zero-order valence-electron chi connectivity index (χ0n) is 13.3. The maximum absolute atomic E-state index is 12.2. The molecular weight excluding hydrogens is 266 g/mol. The third kappa shape index (κ3) is 3.35. The number of hydrogen-bond donors (Lipinski definition) is 2. The van der Waals surface area contributed by atoms with Gasteiger partial charge in [0.05, 0.1) is 11.7 Å². The Morgan fingerprint density at radius 1 is 1.48 bits per heavy atom. The molecule has 0 radical (unpaired) electrons. The van der Waals surface area contributed by atoms with Crippen molar-refractivity contribution < 1.29 is 9.53 Å². The Balaban J connectivity index is 1.92. The summed E-state index contributed by atoms with van der Waals surface area (Å²) in [5, 5.41) is 6.26. The molecule has 2 unspecified atom stereocenters. The summed E-state index contributed by atoms with van der Waals surface area (Å²) < 4.78 is 5.40. The highest BCUT2D eigenvalue weighted by molar-refractivity contribution is 5.94. The number of nitrogens with zero attached hydrogens (tertiary/aromatic N) is 1. The lowest BCUT2D eigenvalue weighted by Crippen LogP contribution is -2.61. The number of anilines is 1. The summed E-state index contributed by atoms with van der Waals surface area (Å²) in [6, 6.07) is 3.79. The molecule has 2 rings (SSSR count). The predicted octanol–water partition coefficient (Wildman–Crippen LogP) is 2.45. The van der Waals surface area contributed by atoms with Crippen LogP contribution in [-0.2, 0) is 4.74 Å². The molecule has 5 heteroatoms. The molecule has 5 nitrogen and oxygen atoms in total. The molecule has 1 heterocycles. The Hall–Kier alpha value is -1.62. The second-order valence-corrected chi connectivity index (χ2v) is 6.17. The number of aromatic nitrogens is 1. The van der Waals surface area contributed by atoms with Gasteiger partial charge < -0.3 is 15.4 Å². The van der Waals surface area contributed by atoms with Gasteiger partial charge in [0.2, 0.25) is 0 Å². The first-order valence-electron chi connectivity index (χ1n) is 7.52. The van der Waals surface area contributed by atoms with Gasteiger partial charge in [0, 0.05) is 31.3 Å². The summed E-state index contributed by atoms with van der Waals surface area (Å²) in [7, 11) is 1.72. The Morgan fingerprint density at radius 3 is 2.76 bits per heavy atom. The summed E-state index contributed by atoms with van der Waals surface area (Å²) >= 11 is 0. The molecule has 1 aliphatic carbocycles. The molecule has 0 aliphatic heterocycles. The van der Waals surface area contributed by atoms with Crippen LogP contribution >= 0.6 is 0 Å². The molecule has 0 spiro atoms. The fourth-order valence-electron chi connectivity index (χ4n) is 2.66. The number of carbonyl (C=O) groups is 1. The van der Waals surface area contributed by atoms with E-state index in [1.807, 2.05) is 6.07 Å². The van der Waals surface area contributed by atoms with Gasteiger partial charge in [0.1, 0.15) is 5.82 Å². The average molecular weight is 291 g/mol. The molecule has 1 fully saturated rings. The molecule has 2 atom stereocenters. The fraction of sp³-hybridized carbons (Fsp3) is 0.625. The zero-order chi connectivity index (χ0) is 15.5. The molecule has 0 bridgehead atoms. The minimum absolute atomic E-state index is 0.0273. The van der Waals surface area contributed by atoms with E-state index >= 15 is 0 Å². The number of amides is 1. The third-order valence-electron chi connectivity index (χ3n) is 4.35. The Bertz CT molecular complexity index is 485. The van der Waals surface area contributed by atoms with Crippen LogP contribution in [0, 0.1) is 5.41 Å². The smallest absolute Gasteiger partial charge is 0.253 e. The van der Waals surface area contributed by atoms with Crippen LogP contribution in [0.25, 0.3) is 0 Å². The van der Waals surface area contributed by atoms with E-state index in [9.17, 15) is 4.79 Å². The number of ether oxygens (including phenoxy) is 1. The second-order valence-electron chi connectivity index (χ2n) is 6.17. The number of pyridine rings is 1. The van der Waals surface area contributed by atoms with Crippen molar-refractivity contribution in [2.75, 3.05) is 19.0 Å². The highest BCUT2D eigenvalue weighted by atomic mass is 16.5. The monoisotopic (exact) mass is 291 g/mol. The standard InChI is InChI=1S/C16H25N3O2/c1-5-8-17-14-7-6-11(10-18-14)15(20)19-12-9-13(21-4)16(12,2)3/h6-7,10,12-13H,5,8-9H2,1-4H3,(H,17,18)(H,19,20). The van der Waals surface area contributed by atoms with Gasteiger partial charge in [-0.3, -0.25) is 4.79 Å². The number of nitrogens with one attached hydrogen (secondary N) is 2. The predicted molar refractivity (Wildman–Crippen MR) is 83.5 cm³/mol. The summed E-state index contributed by atoms with van der Waals surface area (Å²) in [4.78, 5) is 16.5. The highest BCUT2D eigenvalue weighted by Crippen LogP contribution is 2.42. The van der Waals surface area contributed by atoms with Gasteiger partial charge in [-0.1, -0.05) is 20.8 Å². The van der Waals surface area contributed by atoms with Crippen LogP contribution < -0.4 is 10.6 Å². The van der Waals surface area contributed by atoms with E-state index < -0.39 is 0 Å². The molecule has 1 aromatic rings. The van der Waals surface area contributed by atoms with Gasteiger partial charge in [0.15, 0.2) is 0 Å². The Labute approximate surface area is 126 Å². The van der Waals surface area contributed by atoms with Gasteiger partial charge >= 0.3 is 0 Å². The SMILES string of the molecule is CCCNc1ccc(C(=O)NC2CC(OC)C2(C)C)cn1. The normalized spacial score (nSPS) is 23.2. The average Bonchev–Trinajstić information content (AvgIpc) is 2.49. The van der Waals surface area contributed by atoms with E-state index in [-0.39, 0.29) is 23.5 Å². The van der Waals surface area contributed by atoms with E-state index in [1.54, 1.807) is 19.4 Å². The van der Waals surface area contributed by atoms with Crippen LogP contribution in [-0.4, -0.2) is 36.7 Å². The summed E-state index contributed by atoms with van der Waals surface area (Å²) in [5.74, 6) is 0.731. The Kier molecular flexibility index (Phi) is 4.83. The lowest BCUT2D eigenvalue weighted by Gasteiger charge is -2.51. The van der Waals surface area contributed by atoms with Crippen molar-refractivity contribution in [3.63, 3.8) is 0 Å². The first-order valence-corrected chi connectivity index (χ1v) is 7.52. The van der Waals surface area contributed by atoms with Crippen molar-refractivity contribution in [2.24, 2.45) is 5.41 Å². The van der Waals surface area contributed by atoms with Crippen LogP contribution in [0.1, 0.15) is 44.0 Å². The largest absolute Gasteiger partial charge is 0.381 e. The summed E-state index contributed by atoms with van der Waals surface area (Å²) in [5.41, 5.74) is 0.564. The van der Waals surface area contributed by atoms with E-state index in [0.29, 0.717) is 5.56 Å². The minimum Gasteiger partial charge on any atom is -0.381 e. The first kappa shape index (κ1) is 15.8. The van der Waals surface area contributed by atoms with Crippen LogP contribution in [0.15, 0.2) is 18.3 Å². The van der Waals surface area contributed by atoms with Gasteiger partial charge in [0.25, 0.3) is 5.91 Å². The molecule has 2 N–H and O–H groups in total. The van der Waals surface area contributed by atoms with Crippen molar-refractivity contribution in [3.8, 4) is 0 Å². The summed E-state index contributed by atoms with van der Waals surface area (Å²) in [6.45, 7) is 7.22. The quantitative estimate of drug-likeness (QED) is 0.845. The van der Waals surface area contributed by atoms with Crippen molar-refractivity contribution in [2.45, 2.75) is 45.8 Å². The zero-order valence-corrected chi connectivity index (χ0v) is 13.3. The van der Waals surface area contributed by atoms with E-state index in [0.717, 1.165) is 25.2 Å². The molecule has 1 aliphatic rings. The first-order chi connectivity index (χ1) is 9.98.